The Bertz CT molecular complexity index is 656. The van der Waals surface area contributed by atoms with Crippen molar-refractivity contribution in [3.05, 3.63) is 29.8 Å². The number of aromatic hydroxyl groups is 1. The van der Waals surface area contributed by atoms with Crippen molar-refractivity contribution < 1.29 is 97.7 Å². The molecular formula is C14H22N2Na2O8P2. The summed E-state index contributed by atoms with van der Waals surface area (Å²) < 4.78 is 21.8. The van der Waals surface area contributed by atoms with Crippen molar-refractivity contribution in [1.29, 1.82) is 0 Å². The van der Waals surface area contributed by atoms with E-state index in [4.69, 9.17) is 9.79 Å². The van der Waals surface area contributed by atoms with Crippen LogP contribution < -0.4 is 74.2 Å². The molecule has 0 aliphatic heterocycles. The van der Waals surface area contributed by atoms with E-state index in [1.54, 1.807) is 12.1 Å². The second kappa shape index (κ2) is 14.7. The summed E-state index contributed by atoms with van der Waals surface area (Å²) in [5.41, 5.74) is 0.928. The van der Waals surface area contributed by atoms with Gasteiger partial charge in [0.1, 0.15) is 20.9 Å². The molecule has 2 atom stereocenters. The van der Waals surface area contributed by atoms with Gasteiger partial charge in [0.2, 0.25) is 5.91 Å². The van der Waals surface area contributed by atoms with Crippen molar-refractivity contribution in [3.8, 4) is 5.75 Å². The van der Waals surface area contributed by atoms with Crippen LogP contribution in [0, 0.1) is 0 Å². The van der Waals surface area contributed by atoms with Crippen molar-refractivity contribution in [1.82, 2.24) is 10.2 Å². The molecule has 0 heterocycles. The third-order valence-electron chi connectivity index (χ3n) is 3.31. The van der Waals surface area contributed by atoms with E-state index in [0.29, 0.717) is 13.0 Å². The van der Waals surface area contributed by atoms with E-state index in [-0.39, 0.29) is 90.2 Å². The summed E-state index contributed by atoms with van der Waals surface area (Å²) in [5.74, 6) is -0.148. The van der Waals surface area contributed by atoms with E-state index in [9.17, 15) is 28.8 Å². The minimum Gasteiger partial charge on any atom is -0.778 e. The number of carbonyl (C=O) groups excluding carboxylic acids is 1. The number of phenolic OH excluding ortho intramolecular Hbond substituents is 1. The summed E-state index contributed by atoms with van der Waals surface area (Å²) in [6.07, 6.45) is -1.13. The molecule has 4 N–H and O–H groups in total. The smallest absolute Gasteiger partial charge is 0.778 e. The average molecular weight is 454 g/mol. The van der Waals surface area contributed by atoms with Crippen LogP contribution in [0.1, 0.15) is 18.4 Å². The van der Waals surface area contributed by atoms with E-state index in [1.165, 1.54) is 12.1 Å². The number of amides is 1. The van der Waals surface area contributed by atoms with E-state index < -0.39 is 27.8 Å². The SMILES string of the molecule is O=C(CCCN(CP(=O)([O-])O)CP(=O)([O-])O)NCCc1ccc(O)cc1.[Na+].[Na+]. The Morgan fingerprint density at radius 3 is 2.00 bits per heavy atom. The maximum Gasteiger partial charge on any atom is 1.00 e. The molecule has 0 saturated heterocycles. The number of rotatable bonds is 11. The number of benzene rings is 1. The van der Waals surface area contributed by atoms with E-state index in [0.717, 1.165) is 10.5 Å². The van der Waals surface area contributed by atoms with Crippen molar-refractivity contribution >= 4 is 21.1 Å². The summed E-state index contributed by atoms with van der Waals surface area (Å²) in [7, 11) is -9.48. The molecule has 0 spiro atoms. The summed E-state index contributed by atoms with van der Waals surface area (Å²) in [6.45, 7) is 0.261. The molecule has 1 amide bonds. The van der Waals surface area contributed by atoms with Crippen LogP contribution in [0.25, 0.3) is 0 Å². The van der Waals surface area contributed by atoms with Gasteiger partial charge in [-0.1, -0.05) is 12.1 Å². The van der Waals surface area contributed by atoms with Crippen LogP contribution in [0.2, 0.25) is 0 Å². The molecule has 148 valence electrons. The standard InChI is InChI=1S/C14H24N2O8P2.2Na/c17-13-5-3-12(4-6-13)7-8-15-14(18)2-1-9-16(10-25(19,20)21)11-26(22,23)24;;/h3-6,17H,1-2,7-11H2,(H,15,18)(H2,19,20,21)(H2,22,23,24);;/q;2*+1/p-2. The molecule has 2 unspecified atom stereocenters. The molecule has 1 aromatic carbocycles. The van der Waals surface area contributed by atoms with Gasteiger partial charge in [-0.05, 0) is 37.1 Å². The molecule has 0 saturated carbocycles. The first-order valence-electron chi connectivity index (χ1n) is 7.77. The van der Waals surface area contributed by atoms with Gasteiger partial charge >= 0.3 is 59.1 Å². The Labute approximate surface area is 208 Å². The normalized spacial score (nSPS) is 14.9. The molecule has 0 aliphatic carbocycles. The fourth-order valence-corrected chi connectivity index (χ4v) is 3.90. The fourth-order valence-electron chi connectivity index (χ4n) is 2.25. The zero-order valence-corrected chi connectivity index (χ0v) is 21.8. The second-order valence-corrected chi connectivity index (χ2v) is 8.94. The van der Waals surface area contributed by atoms with Crippen LogP contribution in [-0.2, 0) is 20.3 Å². The van der Waals surface area contributed by atoms with Crippen LogP contribution in [0.5, 0.6) is 5.75 Å². The Morgan fingerprint density at radius 2 is 1.54 bits per heavy atom. The van der Waals surface area contributed by atoms with Gasteiger partial charge in [-0.3, -0.25) is 9.69 Å². The van der Waals surface area contributed by atoms with Crippen LogP contribution in [0.4, 0.5) is 0 Å². The number of hydrogen-bond donors (Lipinski definition) is 4. The predicted molar refractivity (Wildman–Crippen MR) is 90.1 cm³/mol. The Balaban J connectivity index is 0. The number of hydrogen-bond acceptors (Lipinski definition) is 7. The number of nitrogens with one attached hydrogen (secondary N) is 1. The van der Waals surface area contributed by atoms with Crippen molar-refractivity contribution in [2.24, 2.45) is 0 Å². The summed E-state index contributed by atoms with van der Waals surface area (Å²) in [4.78, 5) is 52.0. The first-order valence-corrected chi connectivity index (χ1v) is 11.3. The van der Waals surface area contributed by atoms with Gasteiger partial charge in [0.25, 0.3) is 0 Å². The summed E-state index contributed by atoms with van der Waals surface area (Å²) >= 11 is 0. The summed E-state index contributed by atoms with van der Waals surface area (Å²) in [6, 6.07) is 6.53. The van der Waals surface area contributed by atoms with Gasteiger partial charge in [-0.15, -0.1) is 0 Å². The first-order chi connectivity index (χ1) is 11.9. The quantitative estimate of drug-likeness (QED) is 0.187. The Hall–Kier alpha value is 0.750. The number of nitrogens with zero attached hydrogens (tertiary/aromatic N) is 1. The molecule has 0 aliphatic rings. The Kier molecular flexibility index (Phi) is 16.2. The topological polar surface area (TPSA) is 173 Å². The van der Waals surface area contributed by atoms with Gasteiger partial charge in [0.15, 0.2) is 0 Å². The predicted octanol–water partition coefficient (Wildman–Crippen LogP) is -6.85. The Morgan fingerprint density at radius 1 is 1.04 bits per heavy atom. The van der Waals surface area contributed by atoms with E-state index >= 15 is 0 Å². The second-order valence-electron chi connectivity index (χ2n) is 5.82. The molecule has 28 heavy (non-hydrogen) atoms. The average Bonchev–Trinajstić information content (AvgIpc) is 2.46. The third kappa shape index (κ3) is 16.5. The van der Waals surface area contributed by atoms with Crippen LogP contribution in [-0.4, -0.2) is 51.4 Å². The van der Waals surface area contributed by atoms with Crippen LogP contribution >= 0.6 is 15.2 Å². The van der Waals surface area contributed by atoms with E-state index in [1.807, 2.05) is 0 Å². The molecule has 1 aromatic rings. The van der Waals surface area contributed by atoms with Crippen molar-refractivity contribution in [2.45, 2.75) is 19.3 Å². The monoisotopic (exact) mass is 454 g/mol. The third-order valence-corrected chi connectivity index (χ3v) is 4.82. The van der Waals surface area contributed by atoms with Gasteiger partial charge in [0, 0.05) is 13.0 Å². The fraction of sp³-hybridized carbons (Fsp3) is 0.500. The molecular weight excluding hydrogens is 432 g/mol. The van der Waals surface area contributed by atoms with Crippen molar-refractivity contribution in [3.63, 3.8) is 0 Å². The largest absolute Gasteiger partial charge is 1.00 e. The maximum absolute atomic E-state index is 11.7. The zero-order chi connectivity index (χ0) is 19.8. The molecule has 14 heteroatoms. The van der Waals surface area contributed by atoms with Crippen molar-refractivity contribution in [2.75, 3.05) is 25.7 Å². The van der Waals surface area contributed by atoms with Gasteiger partial charge < -0.3 is 39.1 Å². The zero-order valence-electron chi connectivity index (χ0n) is 16.0. The van der Waals surface area contributed by atoms with Gasteiger partial charge in [0.05, 0.1) is 12.6 Å². The molecule has 0 radical (unpaired) electrons. The number of phenols is 1. The first kappa shape index (κ1) is 30.9. The maximum atomic E-state index is 11.7. The minimum absolute atomic E-state index is 0. The molecule has 0 bridgehead atoms. The van der Waals surface area contributed by atoms with Crippen LogP contribution in [0.3, 0.4) is 0 Å². The molecule has 0 fully saturated rings. The molecule has 10 nitrogen and oxygen atoms in total. The summed E-state index contributed by atoms with van der Waals surface area (Å²) in [5, 5.41) is 11.8. The molecule has 1 rings (SSSR count). The van der Waals surface area contributed by atoms with Gasteiger partial charge in [-0.2, -0.15) is 0 Å². The van der Waals surface area contributed by atoms with Crippen LogP contribution in [0.15, 0.2) is 24.3 Å². The number of carbonyl (C=O) groups is 1. The molecule has 0 aromatic heterocycles. The van der Waals surface area contributed by atoms with Gasteiger partial charge in [-0.25, -0.2) is 0 Å². The van der Waals surface area contributed by atoms with E-state index in [2.05, 4.69) is 5.32 Å². The minimum atomic E-state index is -4.74.